The van der Waals surface area contributed by atoms with E-state index in [0.717, 1.165) is 25.3 Å². The molecule has 0 aliphatic carbocycles. The number of alkyl halides is 3. The molecule has 12 heteroatoms. The van der Waals surface area contributed by atoms with Crippen LogP contribution in [0.4, 0.5) is 24.9 Å². The number of ether oxygens (including phenoxy) is 2. The zero-order chi connectivity index (χ0) is 24.5. The average Bonchev–Trinajstić information content (AvgIpc) is 3.22. The molecule has 0 aromatic carbocycles. The van der Waals surface area contributed by atoms with Crippen LogP contribution in [-0.2, 0) is 25.9 Å². The standard InChI is InChI=1S/C22H26ClF3N4O4/c1-21(2,12-33-18-5-3-4-8-32-18)16-10-17(34-29-16)28-20(31)15-6-7-30(15)19-14(23)9-13(11-27-19)22(24,25)26/h9-11,15,18H,3-8,12H2,1-2H3,(H,28,31). The number of hydrogen-bond donors (Lipinski definition) is 1. The summed E-state index contributed by atoms with van der Waals surface area (Å²) in [6.45, 7) is 5.39. The predicted octanol–water partition coefficient (Wildman–Crippen LogP) is 4.78. The van der Waals surface area contributed by atoms with E-state index in [1.807, 2.05) is 13.8 Å². The number of nitrogens with one attached hydrogen (secondary N) is 1. The monoisotopic (exact) mass is 502 g/mol. The Balaban J connectivity index is 1.36. The zero-order valence-electron chi connectivity index (χ0n) is 18.8. The van der Waals surface area contributed by atoms with Crippen LogP contribution in [-0.4, -0.2) is 48.1 Å². The third-order valence-electron chi connectivity index (χ3n) is 5.96. The molecule has 0 saturated carbocycles. The summed E-state index contributed by atoms with van der Waals surface area (Å²) in [5.74, 6) is -0.0979. The van der Waals surface area contributed by atoms with Gasteiger partial charge < -0.3 is 18.9 Å². The molecule has 4 rings (SSSR count). The van der Waals surface area contributed by atoms with Gasteiger partial charge in [0.05, 0.1) is 22.9 Å². The Morgan fingerprint density at radius 2 is 2.09 bits per heavy atom. The number of aromatic nitrogens is 2. The van der Waals surface area contributed by atoms with Crippen LogP contribution >= 0.6 is 11.6 Å². The van der Waals surface area contributed by atoms with Crippen molar-refractivity contribution in [3.63, 3.8) is 0 Å². The molecule has 8 nitrogen and oxygen atoms in total. The first-order valence-electron chi connectivity index (χ1n) is 11.1. The summed E-state index contributed by atoms with van der Waals surface area (Å²) in [5, 5.41) is 6.57. The number of pyridine rings is 1. The number of carbonyl (C=O) groups excluding carboxylic acids is 1. The average molecular weight is 503 g/mol. The maximum Gasteiger partial charge on any atom is 0.417 e. The molecule has 2 aromatic rings. The lowest BCUT2D eigenvalue weighted by atomic mass is 9.90. The van der Waals surface area contributed by atoms with Crippen LogP contribution in [0.2, 0.25) is 5.02 Å². The number of nitrogens with zero attached hydrogens (tertiary/aromatic N) is 3. The van der Waals surface area contributed by atoms with Crippen LogP contribution < -0.4 is 10.2 Å². The van der Waals surface area contributed by atoms with E-state index in [9.17, 15) is 18.0 Å². The molecule has 1 amide bonds. The van der Waals surface area contributed by atoms with Gasteiger partial charge >= 0.3 is 6.18 Å². The van der Waals surface area contributed by atoms with Gasteiger partial charge in [-0.1, -0.05) is 30.6 Å². The molecule has 2 aromatic heterocycles. The highest BCUT2D eigenvalue weighted by atomic mass is 35.5. The Kier molecular flexibility index (Phi) is 7.07. The Morgan fingerprint density at radius 3 is 2.71 bits per heavy atom. The van der Waals surface area contributed by atoms with E-state index in [1.54, 1.807) is 11.0 Å². The van der Waals surface area contributed by atoms with Gasteiger partial charge in [0.2, 0.25) is 11.8 Å². The molecule has 2 unspecified atom stereocenters. The van der Waals surface area contributed by atoms with Gasteiger partial charge in [0, 0.05) is 30.8 Å². The maximum absolute atomic E-state index is 12.9. The Hall–Kier alpha value is -2.37. The Morgan fingerprint density at radius 1 is 1.29 bits per heavy atom. The number of anilines is 2. The summed E-state index contributed by atoms with van der Waals surface area (Å²) < 4.78 is 55.4. The van der Waals surface area contributed by atoms with E-state index in [1.165, 1.54) is 0 Å². The highest BCUT2D eigenvalue weighted by Crippen LogP contribution is 2.36. The molecule has 1 N–H and O–H groups in total. The van der Waals surface area contributed by atoms with Crippen molar-refractivity contribution in [1.29, 1.82) is 0 Å². The Labute approximate surface area is 199 Å². The van der Waals surface area contributed by atoms with Crippen molar-refractivity contribution in [2.45, 2.75) is 63.5 Å². The van der Waals surface area contributed by atoms with E-state index in [2.05, 4.69) is 15.5 Å². The summed E-state index contributed by atoms with van der Waals surface area (Å²) in [7, 11) is 0. The number of amides is 1. The van der Waals surface area contributed by atoms with Gasteiger partial charge in [0.25, 0.3) is 0 Å². The first-order valence-corrected chi connectivity index (χ1v) is 11.4. The molecule has 0 bridgehead atoms. The van der Waals surface area contributed by atoms with Crippen molar-refractivity contribution in [2.24, 2.45) is 0 Å². The Bertz CT molecular complexity index is 1020. The molecular formula is C22H26ClF3N4O4. The van der Waals surface area contributed by atoms with Crippen LogP contribution in [0.15, 0.2) is 22.9 Å². The zero-order valence-corrected chi connectivity index (χ0v) is 19.6. The van der Waals surface area contributed by atoms with Crippen LogP contribution in [0.1, 0.15) is 50.8 Å². The van der Waals surface area contributed by atoms with Gasteiger partial charge in [-0.15, -0.1) is 0 Å². The van der Waals surface area contributed by atoms with Crippen molar-refractivity contribution < 1.29 is 32.0 Å². The summed E-state index contributed by atoms with van der Waals surface area (Å²) in [4.78, 5) is 18.2. The molecular weight excluding hydrogens is 477 g/mol. The molecule has 186 valence electrons. The smallest absolute Gasteiger partial charge is 0.353 e. The second kappa shape index (κ2) is 9.71. The van der Waals surface area contributed by atoms with Crippen LogP contribution in [0.3, 0.4) is 0 Å². The van der Waals surface area contributed by atoms with Crippen molar-refractivity contribution in [2.75, 3.05) is 30.0 Å². The fourth-order valence-electron chi connectivity index (χ4n) is 3.79. The second-order valence-corrected chi connectivity index (χ2v) is 9.49. The summed E-state index contributed by atoms with van der Waals surface area (Å²) >= 11 is 6.03. The van der Waals surface area contributed by atoms with Crippen molar-refractivity contribution in [1.82, 2.24) is 10.1 Å². The fourth-order valence-corrected chi connectivity index (χ4v) is 4.06. The third-order valence-corrected chi connectivity index (χ3v) is 6.24. The number of halogens is 4. The molecule has 0 radical (unpaired) electrons. The van der Waals surface area contributed by atoms with Crippen LogP contribution in [0.5, 0.6) is 0 Å². The molecule has 2 aliphatic rings. The molecule has 4 heterocycles. The lowest BCUT2D eigenvalue weighted by Crippen LogP contribution is -2.55. The lowest BCUT2D eigenvalue weighted by Gasteiger charge is -2.40. The minimum absolute atomic E-state index is 0.127. The topological polar surface area (TPSA) is 89.7 Å². The van der Waals surface area contributed by atoms with Gasteiger partial charge in [-0.25, -0.2) is 4.98 Å². The van der Waals surface area contributed by atoms with E-state index >= 15 is 0 Å². The van der Waals surface area contributed by atoms with Gasteiger partial charge in [-0.3, -0.25) is 10.1 Å². The second-order valence-electron chi connectivity index (χ2n) is 9.08. The minimum atomic E-state index is -4.55. The molecule has 0 spiro atoms. The lowest BCUT2D eigenvalue weighted by molar-refractivity contribution is -0.170. The number of carbonyl (C=O) groups is 1. The van der Waals surface area contributed by atoms with E-state index in [4.69, 9.17) is 25.6 Å². The first kappa shape index (κ1) is 24.7. The van der Waals surface area contributed by atoms with Gasteiger partial charge in [-0.05, 0) is 31.7 Å². The molecule has 2 fully saturated rings. The van der Waals surface area contributed by atoms with Crippen molar-refractivity contribution >= 4 is 29.2 Å². The summed E-state index contributed by atoms with van der Waals surface area (Å²) in [5.41, 5.74) is -0.817. The van der Waals surface area contributed by atoms with Gasteiger partial charge in [0.1, 0.15) is 11.9 Å². The summed E-state index contributed by atoms with van der Waals surface area (Å²) in [6, 6.07) is 1.80. The van der Waals surface area contributed by atoms with Crippen molar-refractivity contribution in [3.05, 3.63) is 34.6 Å². The van der Waals surface area contributed by atoms with Gasteiger partial charge in [-0.2, -0.15) is 13.2 Å². The molecule has 2 atom stereocenters. The highest BCUT2D eigenvalue weighted by Gasteiger charge is 2.38. The number of hydrogen-bond acceptors (Lipinski definition) is 7. The minimum Gasteiger partial charge on any atom is -0.353 e. The maximum atomic E-state index is 12.9. The van der Waals surface area contributed by atoms with Gasteiger partial charge in [0.15, 0.2) is 6.29 Å². The highest BCUT2D eigenvalue weighted by molar-refractivity contribution is 6.33. The van der Waals surface area contributed by atoms with E-state index in [0.29, 0.717) is 38.1 Å². The SMILES string of the molecule is CC(C)(COC1CCCCO1)c1cc(NC(=O)C2CCN2c2ncc(C(F)(F)F)cc2Cl)on1. The predicted molar refractivity (Wildman–Crippen MR) is 118 cm³/mol. The molecule has 2 saturated heterocycles. The normalized spacial score (nSPS) is 21.3. The van der Waals surface area contributed by atoms with Crippen molar-refractivity contribution in [3.8, 4) is 0 Å². The van der Waals surface area contributed by atoms with Crippen LogP contribution in [0, 0.1) is 0 Å². The summed E-state index contributed by atoms with van der Waals surface area (Å²) in [6.07, 6.45) is -0.619. The van der Waals surface area contributed by atoms with Crippen LogP contribution in [0.25, 0.3) is 0 Å². The first-order chi connectivity index (χ1) is 16.0. The molecule has 2 aliphatic heterocycles. The van der Waals surface area contributed by atoms with E-state index < -0.39 is 29.1 Å². The largest absolute Gasteiger partial charge is 0.417 e. The number of rotatable bonds is 7. The fraction of sp³-hybridized carbons (Fsp3) is 0.591. The quantitative estimate of drug-likeness (QED) is 0.582. The molecule has 34 heavy (non-hydrogen) atoms. The van der Waals surface area contributed by atoms with E-state index in [-0.39, 0.29) is 23.0 Å². The third kappa shape index (κ3) is 5.47.